The molecule has 0 aliphatic heterocycles. The summed E-state index contributed by atoms with van der Waals surface area (Å²) in [7, 11) is 0. The number of hydrogen-bond donors (Lipinski definition) is 2. The van der Waals surface area contributed by atoms with Gasteiger partial charge in [0.1, 0.15) is 0 Å². The maximum atomic E-state index is 12.2. The maximum Gasteiger partial charge on any atom is 0.318 e. The highest BCUT2D eigenvalue weighted by molar-refractivity contribution is 5.75. The quantitative estimate of drug-likeness (QED) is 0.794. The molecule has 0 saturated heterocycles. The molecule has 3 heteroatoms. The van der Waals surface area contributed by atoms with Gasteiger partial charge in [-0.05, 0) is 74.0 Å². The Morgan fingerprint density at radius 3 is 2.05 bits per heavy atom. The monoisotopic (exact) mass is 304 g/mol. The van der Waals surface area contributed by atoms with Gasteiger partial charge in [-0.25, -0.2) is 4.79 Å². The van der Waals surface area contributed by atoms with Crippen molar-refractivity contribution in [1.29, 1.82) is 0 Å². The number of carbonyl (C=O) groups is 1. The SMILES string of the molecule is CC(NC(=O)N/C=C/C(C)(C)C)C12CC3CC(CC(C3)C1)C2. The Hall–Kier alpha value is -0.990. The fourth-order valence-electron chi connectivity index (χ4n) is 5.47. The fraction of sp³-hybridized carbons (Fsp3) is 0.842. The second-order valence-electron chi connectivity index (χ2n) is 9.32. The molecule has 1 atom stereocenters. The van der Waals surface area contributed by atoms with Crippen molar-refractivity contribution in [2.24, 2.45) is 28.6 Å². The van der Waals surface area contributed by atoms with Gasteiger partial charge in [0.05, 0.1) is 0 Å². The molecule has 0 radical (unpaired) electrons. The molecule has 0 spiro atoms. The van der Waals surface area contributed by atoms with Crippen LogP contribution in [0, 0.1) is 28.6 Å². The molecule has 4 fully saturated rings. The van der Waals surface area contributed by atoms with E-state index in [9.17, 15) is 4.79 Å². The Balaban J connectivity index is 1.57. The average molecular weight is 304 g/mol. The van der Waals surface area contributed by atoms with Crippen molar-refractivity contribution in [2.45, 2.75) is 72.3 Å². The van der Waals surface area contributed by atoms with Crippen LogP contribution in [-0.4, -0.2) is 12.1 Å². The lowest BCUT2D eigenvalue weighted by atomic mass is 9.48. The van der Waals surface area contributed by atoms with Gasteiger partial charge in [-0.3, -0.25) is 0 Å². The molecular weight excluding hydrogens is 272 g/mol. The molecule has 4 aliphatic carbocycles. The lowest BCUT2D eigenvalue weighted by Crippen LogP contribution is -2.56. The highest BCUT2D eigenvalue weighted by Gasteiger charge is 2.53. The second-order valence-corrected chi connectivity index (χ2v) is 9.32. The Bertz CT molecular complexity index is 425. The van der Waals surface area contributed by atoms with Gasteiger partial charge in [0.15, 0.2) is 0 Å². The normalized spacial score (nSPS) is 38.3. The summed E-state index contributed by atoms with van der Waals surface area (Å²) in [5.41, 5.74) is 0.471. The van der Waals surface area contributed by atoms with Gasteiger partial charge in [-0.15, -0.1) is 0 Å². The Labute approximate surface area is 135 Å². The lowest BCUT2D eigenvalue weighted by Gasteiger charge is -2.59. The van der Waals surface area contributed by atoms with Crippen molar-refractivity contribution in [1.82, 2.24) is 10.6 Å². The van der Waals surface area contributed by atoms with Crippen molar-refractivity contribution < 1.29 is 4.79 Å². The molecule has 0 aromatic rings. The number of nitrogens with one attached hydrogen (secondary N) is 2. The van der Waals surface area contributed by atoms with Gasteiger partial charge in [-0.2, -0.15) is 0 Å². The fourth-order valence-corrected chi connectivity index (χ4v) is 5.47. The summed E-state index contributed by atoms with van der Waals surface area (Å²) in [6, 6.07) is 0.229. The molecule has 4 saturated carbocycles. The van der Waals surface area contributed by atoms with E-state index in [-0.39, 0.29) is 17.5 Å². The number of carbonyl (C=O) groups excluding carboxylic acids is 1. The molecule has 22 heavy (non-hydrogen) atoms. The minimum atomic E-state index is -0.0521. The van der Waals surface area contributed by atoms with Gasteiger partial charge in [0.25, 0.3) is 0 Å². The van der Waals surface area contributed by atoms with Crippen molar-refractivity contribution in [3.63, 3.8) is 0 Å². The summed E-state index contributed by atoms with van der Waals surface area (Å²) in [5.74, 6) is 2.79. The van der Waals surface area contributed by atoms with Crippen molar-refractivity contribution in [3.05, 3.63) is 12.3 Å². The van der Waals surface area contributed by atoms with Gasteiger partial charge >= 0.3 is 6.03 Å². The molecule has 3 nitrogen and oxygen atoms in total. The summed E-state index contributed by atoms with van der Waals surface area (Å²) >= 11 is 0. The van der Waals surface area contributed by atoms with Crippen LogP contribution in [0.25, 0.3) is 0 Å². The maximum absolute atomic E-state index is 12.2. The largest absolute Gasteiger partial charge is 0.335 e. The van der Waals surface area contributed by atoms with E-state index in [1.807, 2.05) is 6.08 Å². The zero-order chi connectivity index (χ0) is 16.0. The molecule has 0 heterocycles. The van der Waals surface area contributed by atoms with Gasteiger partial charge in [-0.1, -0.05) is 26.8 Å². The third kappa shape index (κ3) is 3.33. The number of rotatable bonds is 3. The molecule has 0 aromatic carbocycles. The zero-order valence-electron chi connectivity index (χ0n) is 14.6. The summed E-state index contributed by atoms with van der Waals surface area (Å²) in [6.07, 6.45) is 12.2. The van der Waals surface area contributed by atoms with Crippen LogP contribution in [0.2, 0.25) is 0 Å². The summed E-state index contributed by atoms with van der Waals surface area (Å²) in [6.45, 7) is 8.60. The van der Waals surface area contributed by atoms with E-state index in [2.05, 4.69) is 38.3 Å². The van der Waals surface area contributed by atoms with Crippen LogP contribution >= 0.6 is 0 Å². The van der Waals surface area contributed by atoms with Crippen LogP contribution in [0.1, 0.15) is 66.2 Å². The van der Waals surface area contributed by atoms with E-state index in [1.54, 1.807) is 6.20 Å². The lowest BCUT2D eigenvalue weighted by molar-refractivity contribution is -0.0681. The molecule has 4 rings (SSSR count). The Morgan fingerprint density at radius 1 is 1.09 bits per heavy atom. The molecule has 1 unspecified atom stereocenters. The number of urea groups is 1. The second kappa shape index (κ2) is 5.58. The van der Waals surface area contributed by atoms with E-state index < -0.39 is 0 Å². The zero-order valence-corrected chi connectivity index (χ0v) is 14.6. The number of hydrogen-bond acceptors (Lipinski definition) is 1. The van der Waals surface area contributed by atoms with Crippen LogP contribution < -0.4 is 10.6 Å². The molecular formula is C19H32N2O. The van der Waals surface area contributed by atoms with Crippen LogP contribution in [0.4, 0.5) is 4.79 Å². The van der Waals surface area contributed by atoms with Gasteiger partial charge < -0.3 is 10.6 Å². The smallest absolute Gasteiger partial charge is 0.318 e. The highest BCUT2D eigenvalue weighted by atomic mass is 16.2. The van der Waals surface area contributed by atoms with Crippen LogP contribution in [-0.2, 0) is 0 Å². The van der Waals surface area contributed by atoms with Gasteiger partial charge in [0, 0.05) is 12.2 Å². The molecule has 4 bridgehead atoms. The average Bonchev–Trinajstić information content (AvgIpc) is 2.35. The Morgan fingerprint density at radius 2 is 1.59 bits per heavy atom. The summed E-state index contributed by atoms with van der Waals surface area (Å²) in [4.78, 5) is 12.2. The topological polar surface area (TPSA) is 41.1 Å². The number of amides is 2. The molecule has 2 amide bonds. The molecule has 124 valence electrons. The van der Waals surface area contributed by atoms with Crippen LogP contribution in [0.15, 0.2) is 12.3 Å². The van der Waals surface area contributed by atoms with Crippen LogP contribution in [0.5, 0.6) is 0 Å². The van der Waals surface area contributed by atoms with Crippen LogP contribution in [0.3, 0.4) is 0 Å². The summed E-state index contributed by atoms with van der Waals surface area (Å²) in [5, 5.41) is 6.09. The first kappa shape index (κ1) is 15.9. The summed E-state index contributed by atoms with van der Waals surface area (Å²) < 4.78 is 0. The van der Waals surface area contributed by atoms with E-state index in [4.69, 9.17) is 0 Å². The molecule has 0 aromatic heterocycles. The number of allylic oxidation sites excluding steroid dienone is 1. The molecule has 4 aliphatic rings. The standard InChI is InChI=1S/C19H32N2O/c1-13(21-17(22)20-6-5-18(2,3)4)19-10-14-7-15(11-19)9-16(8-14)12-19/h5-6,13-16H,7-12H2,1-4H3,(H2,20,21,22)/b6-5+. The van der Waals surface area contributed by atoms with E-state index >= 15 is 0 Å². The van der Waals surface area contributed by atoms with Crippen molar-refractivity contribution in [2.75, 3.05) is 0 Å². The van der Waals surface area contributed by atoms with Gasteiger partial charge in [0.2, 0.25) is 0 Å². The minimum absolute atomic E-state index is 0.0521. The third-order valence-electron chi connectivity index (χ3n) is 6.15. The van der Waals surface area contributed by atoms with E-state index in [0.29, 0.717) is 5.41 Å². The minimum Gasteiger partial charge on any atom is -0.335 e. The third-order valence-corrected chi connectivity index (χ3v) is 6.15. The first-order valence-corrected chi connectivity index (χ1v) is 9.00. The first-order valence-electron chi connectivity index (χ1n) is 9.00. The van der Waals surface area contributed by atoms with Crippen molar-refractivity contribution in [3.8, 4) is 0 Å². The van der Waals surface area contributed by atoms with E-state index in [1.165, 1.54) is 38.5 Å². The molecule has 2 N–H and O–H groups in total. The van der Waals surface area contributed by atoms with E-state index in [0.717, 1.165) is 17.8 Å². The predicted molar refractivity (Wildman–Crippen MR) is 90.3 cm³/mol. The predicted octanol–water partition coefficient (Wildman–Crippen LogP) is 4.45. The Kier molecular flexibility index (Phi) is 4.03. The first-order chi connectivity index (χ1) is 10.3. The van der Waals surface area contributed by atoms with Crippen molar-refractivity contribution >= 4 is 6.03 Å². The highest BCUT2D eigenvalue weighted by Crippen LogP contribution is 2.61.